The number of ether oxygens (including phenoxy) is 1. The zero-order chi connectivity index (χ0) is 25.0. The van der Waals surface area contributed by atoms with Crippen molar-refractivity contribution in [3.05, 3.63) is 65.7 Å². The zero-order valence-electron chi connectivity index (χ0n) is 20.1. The average molecular weight is 489 g/mol. The van der Waals surface area contributed by atoms with Gasteiger partial charge in [0.2, 0.25) is 17.7 Å². The fourth-order valence-corrected chi connectivity index (χ4v) is 6.30. The van der Waals surface area contributed by atoms with Crippen LogP contribution in [0.4, 0.5) is 5.69 Å². The van der Waals surface area contributed by atoms with Crippen LogP contribution < -0.4 is 10.2 Å². The number of hydrogen-bond acceptors (Lipinski definition) is 6. The Morgan fingerprint density at radius 2 is 1.67 bits per heavy atom. The molecule has 186 valence electrons. The number of hydrogen-bond donors (Lipinski definition) is 1. The molecular weight excluding hydrogens is 460 g/mol. The first-order chi connectivity index (χ1) is 17.4. The minimum atomic E-state index is -1.38. The molecule has 3 fully saturated rings. The second-order valence-electron chi connectivity index (χ2n) is 9.89. The maximum atomic E-state index is 14.2. The van der Waals surface area contributed by atoms with Gasteiger partial charge in [-0.2, -0.15) is 0 Å². The Labute approximate surface area is 209 Å². The number of likely N-dealkylation sites (tertiary alicyclic amines) is 1. The number of morpholine rings is 1. The standard InChI is InChI=1S/C27H28N4O5/c1-17-22-23(25(34)31(24(22)33)15-18-7-3-2-4-8-18)27(28-17)19-9-5-6-10-20(19)30(26(27)35)16-21(32)29-11-13-36-14-12-29/h2-10,17,22-23,28H,11-16H2,1H3. The van der Waals surface area contributed by atoms with Crippen LogP contribution >= 0.6 is 0 Å². The Morgan fingerprint density at radius 3 is 2.42 bits per heavy atom. The molecule has 4 heterocycles. The molecule has 4 aliphatic heterocycles. The van der Waals surface area contributed by atoms with E-state index in [1.54, 1.807) is 11.0 Å². The molecule has 2 aromatic rings. The summed E-state index contributed by atoms with van der Waals surface area (Å²) < 4.78 is 5.35. The Hall–Kier alpha value is -3.56. The highest BCUT2D eigenvalue weighted by molar-refractivity contribution is 6.17. The predicted octanol–water partition coefficient (Wildman–Crippen LogP) is 0.880. The van der Waals surface area contributed by atoms with Gasteiger partial charge in [-0.3, -0.25) is 29.4 Å². The fraction of sp³-hybridized carbons (Fsp3) is 0.407. The number of benzene rings is 2. The largest absolute Gasteiger partial charge is 0.378 e. The Balaban J connectivity index is 1.36. The molecule has 0 radical (unpaired) electrons. The van der Waals surface area contributed by atoms with E-state index < -0.39 is 17.4 Å². The first kappa shape index (κ1) is 22.9. The summed E-state index contributed by atoms with van der Waals surface area (Å²) in [6, 6.07) is 16.2. The smallest absolute Gasteiger partial charge is 0.253 e. The fourth-order valence-electron chi connectivity index (χ4n) is 6.30. The van der Waals surface area contributed by atoms with E-state index in [2.05, 4.69) is 5.32 Å². The lowest BCUT2D eigenvalue weighted by molar-refractivity contribution is -0.143. The van der Waals surface area contributed by atoms with E-state index in [1.165, 1.54) is 9.80 Å². The van der Waals surface area contributed by atoms with Crippen LogP contribution in [0.1, 0.15) is 18.1 Å². The second-order valence-corrected chi connectivity index (χ2v) is 9.89. The van der Waals surface area contributed by atoms with Gasteiger partial charge in [-0.1, -0.05) is 48.5 Å². The summed E-state index contributed by atoms with van der Waals surface area (Å²) in [4.78, 5) is 59.1. The van der Waals surface area contributed by atoms with E-state index in [1.807, 2.05) is 55.5 Å². The van der Waals surface area contributed by atoms with E-state index in [9.17, 15) is 19.2 Å². The quantitative estimate of drug-likeness (QED) is 0.642. The van der Waals surface area contributed by atoms with Gasteiger partial charge in [0.15, 0.2) is 0 Å². The van der Waals surface area contributed by atoms with Crippen molar-refractivity contribution >= 4 is 29.3 Å². The molecule has 0 aliphatic carbocycles. The number of rotatable bonds is 4. The summed E-state index contributed by atoms with van der Waals surface area (Å²) in [6.45, 7) is 3.79. The van der Waals surface area contributed by atoms with E-state index in [0.717, 1.165) is 5.56 Å². The zero-order valence-corrected chi connectivity index (χ0v) is 20.1. The molecule has 36 heavy (non-hydrogen) atoms. The molecule has 9 heteroatoms. The lowest BCUT2D eigenvalue weighted by atomic mass is 9.76. The van der Waals surface area contributed by atoms with Crippen LogP contribution in [-0.2, 0) is 36.0 Å². The molecule has 6 rings (SSSR count). The lowest BCUT2D eigenvalue weighted by Gasteiger charge is -2.31. The van der Waals surface area contributed by atoms with Crippen molar-refractivity contribution in [2.24, 2.45) is 11.8 Å². The molecule has 4 amide bonds. The number of para-hydroxylation sites is 1. The Bertz CT molecular complexity index is 1240. The van der Waals surface area contributed by atoms with Gasteiger partial charge in [0.25, 0.3) is 5.91 Å². The highest BCUT2D eigenvalue weighted by Gasteiger charge is 2.70. The predicted molar refractivity (Wildman–Crippen MR) is 129 cm³/mol. The second kappa shape index (κ2) is 8.53. The van der Waals surface area contributed by atoms with Gasteiger partial charge in [0.1, 0.15) is 12.1 Å². The molecule has 1 N–H and O–H groups in total. The van der Waals surface area contributed by atoms with Gasteiger partial charge in [-0.05, 0) is 18.6 Å². The molecule has 0 saturated carbocycles. The van der Waals surface area contributed by atoms with Crippen molar-refractivity contribution in [2.75, 3.05) is 37.7 Å². The SMILES string of the molecule is CC1NC2(C(=O)N(CC(=O)N3CCOCC3)c3ccccc32)C2C(=O)N(Cc3ccccc3)C(=O)C12. The minimum absolute atomic E-state index is 0.124. The van der Waals surface area contributed by atoms with Gasteiger partial charge in [0, 0.05) is 30.4 Å². The normalized spacial score (nSPS) is 29.3. The molecule has 3 saturated heterocycles. The summed E-state index contributed by atoms with van der Waals surface area (Å²) in [5.74, 6) is -2.67. The van der Waals surface area contributed by atoms with Gasteiger partial charge < -0.3 is 14.5 Å². The molecule has 1 spiro atoms. The van der Waals surface area contributed by atoms with Crippen LogP contribution in [0.2, 0.25) is 0 Å². The number of amides is 4. The summed E-state index contributed by atoms with van der Waals surface area (Å²) in [7, 11) is 0. The van der Waals surface area contributed by atoms with E-state index in [4.69, 9.17) is 4.74 Å². The van der Waals surface area contributed by atoms with E-state index >= 15 is 0 Å². The van der Waals surface area contributed by atoms with Gasteiger partial charge >= 0.3 is 0 Å². The van der Waals surface area contributed by atoms with E-state index in [0.29, 0.717) is 37.6 Å². The highest BCUT2D eigenvalue weighted by Crippen LogP contribution is 2.54. The van der Waals surface area contributed by atoms with Crippen molar-refractivity contribution < 1.29 is 23.9 Å². The van der Waals surface area contributed by atoms with Gasteiger partial charge in [-0.25, -0.2) is 0 Å². The molecular formula is C27H28N4O5. The molecule has 4 atom stereocenters. The minimum Gasteiger partial charge on any atom is -0.378 e. The Kier molecular flexibility index (Phi) is 5.42. The van der Waals surface area contributed by atoms with Crippen LogP contribution in [0.15, 0.2) is 54.6 Å². The van der Waals surface area contributed by atoms with Crippen LogP contribution in [0.25, 0.3) is 0 Å². The number of nitrogens with zero attached hydrogens (tertiary/aromatic N) is 3. The lowest BCUT2D eigenvalue weighted by Crippen LogP contribution is -2.56. The maximum Gasteiger partial charge on any atom is 0.253 e. The molecule has 0 aromatic heterocycles. The summed E-state index contributed by atoms with van der Waals surface area (Å²) >= 11 is 0. The average Bonchev–Trinajstić information content (AvgIpc) is 3.44. The molecule has 2 aromatic carbocycles. The van der Waals surface area contributed by atoms with Crippen molar-refractivity contribution in [3.8, 4) is 0 Å². The monoisotopic (exact) mass is 488 g/mol. The summed E-state index contributed by atoms with van der Waals surface area (Å²) in [6.07, 6.45) is 0. The molecule has 9 nitrogen and oxygen atoms in total. The third-order valence-electron chi connectivity index (χ3n) is 7.95. The number of imide groups is 1. The molecule has 0 bridgehead atoms. The summed E-state index contributed by atoms with van der Waals surface area (Å²) in [5.41, 5.74) is 0.715. The van der Waals surface area contributed by atoms with Crippen LogP contribution in [0.5, 0.6) is 0 Å². The van der Waals surface area contributed by atoms with Crippen LogP contribution in [0.3, 0.4) is 0 Å². The topological polar surface area (TPSA) is 99.3 Å². The third kappa shape index (κ3) is 3.23. The number of fused-ring (bicyclic) bond motifs is 4. The number of nitrogens with one attached hydrogen (secondary N) is 1. The van der Waals surface area contributed by atoms with Crippen LogP contribution in [0, 0.1) is 11.8 Å². The van der Waals surface area contributed by atoms with Gasteiger partial charge in [0.05, 0.1) is 31.6 Å². The number of carbonyl (C=O) groups is 4. The van der Waals surface area contributed by atoms with Crippen molar-refractivity contribution in [2.45, 2.75) is 25.0 Å². The van der Waals surface area contributed by atoms with Crippen molar-refractivity contribution in [3.63, 3.8) is 0 Å². The number of anilines is 1. The first-order valence-electron chi connectivity index (χ1n) is 12.4. The molecule has 4 unspecified atom stereocenters. The summed E-state index contributed by atoms with van der Waals surface area (Å²) in [5, 5.41) is 3.36. The van der Waals surface area contributed by atoms with Crippen molar-refractivity contribution in [1.82, 2.24) is 15.1 Å². The first-order valence-corrected chi connectivity index (χ1v) is 12.4. The van der Waals surface area contributed by atoms with E-state index in [-0.39, 0.29) is 42.8 Å². The highest BCUT2D eigenvalue weighted by atomic mass is 16.5. The third-order valence-corrected chi connectivity index (χ3v) is 7.95. The maximum absolute atomic E-state index is 14.2. The Morgan fingerprint density at radius 1 is 0.972 bits per heavy atom. The van der Waals surface area contributed by atoms with Crippen LogP contribution in [-0.4, -0.2) is 72.3 Å². The molecule has 4 aliphatic rings. The number of carbonyl (C=O) groups excluding carboxylic acids is 4. The van der Waals surface area contributed by atoms with Gasteiger partial charge in [-0.15, -0.1) is 0 Å². The van der Waals surface area contributed by atoms with Crippen molar-refractivity contribution in [1.29, 1.82) is 0 Å².